The van der Waals surface area contributed by atoms with E-state index in [0.717, 1.165) is 69.0 Å². The van der Waals surface area contributed by atoms with Crippen LogP contribution in [0.3, 0.4) is 0 Å². The molecule has 1 amide bonds. The highest BCUT2D eigenvalue weighted by atomic mass is 16.7. The van der Waals surface area contributed by atoms with E-state index in [0.29, 0.717) is 28.8 Å². The molecule has 3 aliphatic heterocycles. The molecule has 0 saturated carbocycles. The summed E-state index contributed by atoms with van der Waals surface area (Å²) in [6.45, 7) is 5.75. The van der Waals surface area contributed by atoms with Crippen LogP contribution in [0.2, 0.25) is 0 Å². The first-order chi connectivity index (χ1) is 16.7. The minimum Gasteiger partial charge on any atom is -0.454 e. The zero-order chi connectivity index (χ0) is 22.9. The summed E-state index contributed by atoms with van der Waals surface area (Å²) < 4.78 is 16.3. The summed E-state index contributed by atoms with van der Waals surface area (Å²) in [7, 11) is 0. The number of ether oxygens (including phenoxy) is 3. The van der Waals surface area contributed by atoms with Gasteiger partial charge in [0, 0.05) is 49.4 Å². The number of amides is 1. The second-order valence-electron chi connectivity index (χ2n) is 8.93. The Morgan fingerprint density at radius 2 is 1.74 bits per heavy atom. The zero-order valence-corrected chi connectivity index (χ0v) is 19.0. The van der Waals surface area contributed by atoms with E-state index >= 15 is 0 Å². The molecule has 0 spiro atoms. The first kappa shape index (κ1) is 21.2. The number of hydrogen-bond acceptors (Lipinski definition) is 7. The average molecular weight is 461 g/mol. The Balaban J connectivity index is 1.23. The molecule has 0 radical (unpaired) electrons. The zero-order valence-electron chi connectivity index (χ0n) is 19.0. The molecule has 3 aliphatic rings. The molecule has 2 fully saturated rings. The fraction of sp³-hybridized carbons (Fsp3) is 0.385. The van der Waals surface area contributed by atoms with Crippen LogP contribution in [0.25, 0.3) is 10.9 Å². The summed E-state index contributed by atoms with van der Waals surface area (Å²) >= 11 is 0. The molecule has 34 heavy (non-hydrogen) atoms. The smallest absolute Gasteiger partial charge is 0.256 e. The van der Waals surface area contributed by atoms with Crippen LogP contribution in [0.4, 0.5) is 11.5 Å². The number of benzene rings is 2. The van der Waals surface area contributed by atoms with Crippen molar-refractivity contribution in [2.75, 3.05) is 56.4 Å². The van der Waals surface area contributed by atoms with E-state index in [-0.39, 0.29) is 12.7 Å². The molecule has 1 N–H and O–H groups in total. The highest BCUT2D eigenvalue weighted by Crippen LogP contribution is 2.34. The van der Waals surface area contributed by atoms with E-state index < -0.39 is 0 Å². The Labute approximate surface area is 198 Å². The third kappa shape index (κ3) is 4.15. The second kappa shape index (κ2) is 9.12. The van der Waals surface area contributed by atoms with Crippen molar-refractivity contribution in [3.05, 3.63) is 54.1 Å². The molecular formula is C26H28N4O4. The van der Waals surface area contributed by atoms with Gasteiger partial charge in [-0.3, -0.25) is 9.69 Å². The van der Waals surface area contributed by atoms with Gasteiger partial charge in [-0.15, -0.1) is 0 Å². The Bertz CT molecular complexity index is 1200. The van der Waals surface area contributed by atoms with E-state index in [2.05, 4.69) is 15.1 Å². The largest absolute Gasteiger partial charge is 0.454 e. The molecule has 6 rings (SSSR count). The average Bonchev–Trinajstić information content (AvgIpc) is 3.36. The van der Waals surface area contributed by atoms with Crippen LogP contribution in [0.1, 0.15) is 23.2 Å². The lowest BCUT2D eigenvalue weighted by molar-refractivity contribution is 0.0115. The van der Waals surface area contributed by atoms with Gasteiger partial charge in [0.05, 0.1) is 24.3 Å². The first-order valence-corrected chi connectivity index (χ1v) is 11.9. The van der Waals surface area contributed by atoms with Crippen LogP contribution in [-0.4, -0.2) is 68.0 Å². The SMILES string of the molecule is O=C(Nc1ccc2c(c1)OCO2)c1cc(N2CCC(N3CCOCC3)CC2)nc2ccccc12. The van der Waals surface area contributed by atoms with Gasteiger partial charge in [-0.25, -0.2) is 4.98 Å². The molecule has 4 heterocycles. The van der Waals surface area contributed by atoms with E-state index in [4.69, 9.17) is 19.2 Å². The maximum atomic E-state index is 13.4. The number of fused-ring (bicyclic) bond motifs is 2. The van der Waals surface area contributed by atoms with Gasteiger partial charge in [0.2, 0.25) is 6.79 Å². The normalized spacial score (nSPS) is 18.9. The quantitative estimate of drug-likeness (QED) is 0.639. The number of morpholine rings is 1. The van der Waals surface area contributed by atoms with Crippen LogP contribution in [0.5, 0.6) is 11.5 Å². The molecule has 0 atom stereocenters. The molecule has 8 nitrogen and oxygen atoms in total. The number of hydrogen-bond donors (Lipinski definition) is 1. The van der Waals surface area contributed by atoms with Gasteiger partial charge in [0.25, 0.3) is 5.91 Å². The van der Waals surface area contributed by atoms with Crippen molar-refractivity contribution in [2.45, 2.75) is 18.9 Å². The second-order valence-corrected chi connectivity index (χ2v) is 8.93. The molecular weight excluding hydrogens is 432 g/mol. The third-order valence-corrected chi connectivity index (χ3v) is 6.93. The van der Waals surface area contributed by atoms with Gasteiger partial charge in [-0.05, 0) is 37.1 Å². The Morgan fingerprint density at radius 1 is 0.941 bits per heavy atom. The van der Waals surface area contributed by atoms with Crippen LogP contribution in [0.15, 0.2) is 48.5 Å². The van der Waals surface area contributed by atoms with Crippen molar-refractivity contribution in [1.29, 1.82) is 0 Å². The van der Waals surface area contributed by atoms with E-state index in [1.165, 1.54) is 0 Å². The standard InChI is InChI=1S/C26H28N4O4/c31-26(27-18-5-6-23-24(15-18)34-17-33-23)21-16-25(28-22-4-2-1-3-20(21)22)30-9-7-19(8-10-30)29-11-13-32-14-12-29/h1-6,15-16,19H,7-14,17H2,(H,27,31). The molecule has 0 bridgehead atoms. The number of rotatable bonds is 4. The number of piperidine rings is 1. The van der Waals surface area contributed by atoms with Crippen molar-refractivity contribution in [3.63, 3.8) is 0 Å². The summed E-state index contributed by atoms with van der Waals surface area (Å²) in [5.41, 5.74) is 2.11. The third-order valence-electron chi connectivity index (χ3n) is 6.93. The van der Waals surface area contributed by atoms with Crippen LogP contribution >= 0.6 is 0 Å². The molecule has 3 aromatic rings. The van der Waals surface area contributed by atoms with Gasteiger partial charge in [-0.1, -0.05) is 18.2 Å². The highest BCUT2D eigenvalue weighted by Gasteiger charge is 2.27. The number of nitrogens with zero attached hydrogens (tertiary/aromatic N) is 3. The van der Waals surface area contributed by atoms with E-state index in [9.17, 15) is 4.79 Å². The fourth-order valence-corrected chi connectivity index (χ4v) is 5.09. The van der Waals surface area contributed by atoms with Crippen molar-refractivity contribution in [2.24, 2.45) is 0 Å². The van der Waals surface area contributed by atoms with Crippen molar-refractivity contribution in [1.82, 2.24) is 9.88 Å². The van der Waals surface area contributed by atoms with E-state index in [1.807, 2.05) is 42.5 Å². The number of aromatic nitrogens is 1. The van der Waals surface area contributed by atoms with Gasteiger partial charge in [0.1, 0.15) is 5.82 Å². The van der Waals surface area contributed by atoms with Gasteiger partial charge in [-0.2, -0.15) is 0 Å². The number of nitrogens with one attached hydrogen (secondary N) is 1. The number of carbonyl (C=O) groups excluding carboxylic acids is 1. The predicted molar refractivity (Wildman–Crippen MR) is 130 cm³/mol. The monoisotopic (exact) mass is 460 g/mol. The lowest BCUT2D eigenvalue weighted by Crippen LogP contribution is -2.49. The molecule has 2 saturated heterocycles. The summed E-state index contributed by atoms with van der Waals surface area (Å²) in [6, 6.07) is 15.8. The molecule has 2 aromatic carbocycles. The molecule has 1 aromatic heterocycles. The highest BCUT2D eigenvalue weighted by molar-refractivity contribution is 6.13. The minimum absolute atomic E-state index is 0.165. The summed E-state index contributed by atoms with van der Waals surface area (Å²) in [5, 5.41) is 3.86. The van der Waals surface area contributed by atoms with Crippen molar-refractivity contribution >= 4 is 28.3 Å². The summed E-state index contributed by atoms with van der Waals surface area (Å²) in [6.07, 6.45) is 2.18. The molecule has 0 aliphatic carbocycles. The molecule has 176 valence electrons. The maximum Gasteiger partial charge on any atom is 0.256 e. The summed E-state index contributed by atoms with van der Waals surface area (Å²) in [4.78, 5) is 23.1. The first-order valence-electron chi connectivity index (χ1n) is 11.9. The minimum atomic E-state index is -0.165. The number of pyridine rings is 1. The van der Waals surface area contributed by atoms with Crippen LogP contribution in [0, 0.1) is 0 Å². The fourth-order valence-electron chi connectivity index (χ4n) is 5.09. The maximum absolute atomic E-state index is 13.4. The predicted octanol–water partition coefficient (Wildman–Crippen LogP) is 3.52. The van der Waals surface area contributed by atoms with Gasteiger partial charge < -0.3 is 24.4 Å². The Hall–Kier alpha value is -3.36. The van der Waals surface area contributed by atoms with Crippen LogP contribution < -0.4 is 19.7 Å². The van der Waals surface area contributed by atoms with Crippen molar-refractivity contribution in [3.8, 4) is 11.5 Å². The Morgan fingerprint density at radius 3 is 2.59 bits per heavy atom. The van der Waals surface area contributed by atoms with Crippen molar-refractivity contribution < 1.29 is 19.0 Å². The number of carbonyl (C=O) groups is 1. The number of anilines is 2. The van der Waals surface area contributed by atoms with Crippen LogP contribution in [-0.2, 0) is 4.74 Å². The van der Waals surface area contributed by atoms with E-state index in [1.54, 1.807) is 6.07 Å². The summed E-state index contributed by atoms with van der Waals surface area (Å²) in [5.74, 6) is 2.02. The topological polar surface area (TPSA) is 76.2 Å². The Kier molecular flexibility index (Phi) is 5.68. The molecule has 0 unspecified atom stereocenters. The lowest BCUT2D eigenvalue weighted by Gasteiger charge is -2.40. The number of para-hydroxylation sites is 1. The molecule has 8 heteroatoms. The van der Waals surface area contributed by atoms with Gasteiger partial charge in [0.15, 0.2) is 11.5 Å². The lowest BCUT2D eigenvalue weighted by atomic mass is 10.0. The van der Waals surface area contributed by atoms with Gasteiger partial charge >= 0.3 is 0 Å².